The summed E-state index contributed by atoms with van der Waals surface area (Å²) in [5.41, 5.74) is 1.50. The van der Waals surface area contributed by atoms with Crippen molar-refractivity contribution in [2.75, 3.05) is 16.0 Å². The van der Waals surface area contributed by atoms with Gasteiger partial charge >= 0.3 is 0 Å². The Morgan fingerprint density at radius 1 is 0.541 bits per heavy atom. The number of hydrogen-bond donors (Lipinski definition) is 5. The fourth-order valence-corrected chi connectivity index (χ4v) is 4.29. The summed E-state index contributed by atoms with van der Waals surface area (Å²) in [6.07, 6.45) is 0. The number of benzene rings is 3. The minimum Gasteiger partial charge on any atom is -0.324 e. The lowest BCUT2D eigenvalue weighted by Crippen LogP contribution is -2.12. The molecule has 0 saturated carbocycles. The third-order valence-electron chi connectivity index (χ3n) is 4.69. The van der Waals surface area contributed by atoms with Gasteiger partial charge in [0.05, 0.1) is 19.8 Å². The molecule has 0 aliphatic rings. The van der Waals surface area contributed by atoms with Gasteiger partial charge in [-0.1, -0.05) is 23.2 Å². The lowest BCUT2D eigenvalue weighted by atomic mass is 10.3. The van der Waals surface area contributed by atoms with E-state index in [-0.39, 0.29) is 27.6 Å². The van der Waals surface area contributed by atoms with Crippen LogP contribution in [0.5, 0.6) is 0 Å². The van der Waals surface area contributed by atoms with E-state index in [0.29, 0.717) is 27.1 Å². The molecule has 0 saturated heterocycles. The van der Waals surface area contributed by atoms with Crippen LogP contribution in [-0.4, -0.2) is 31.8 Å². The van der Waals surface area contributed by atoms with E-state index in [0.717, 1.165) is 0 Å². The first-order valence-corrected chi connectivity index (χ1v) is 14.0. The van der Waals surface area contributed by atoms with Crippen molar-refractivity contribution in [3.8, 4) is 0 Å². The summed E-state index contributed by atoms with van der Waals surface area (Å²) >= 11 is 12.1. The van der Waals surface area contributed by atoms with E-state index in [4.69, 9.17) is 33.5 Å². The molecule has 0 amide bonds. The molecule has 192 valence electrons. The number of nitrogens with two attached hydrogens (primary N) is 2. The zero-order valence-electron chi connectivity index (χ0n) is 18.6. The molecule has 0 spiro atoms. The van der Waals surface area contributed by atoms with Gasteiger partial charge in [0.15, 0.2) is 0 Å². The molecule has 12 nitrogen and oxygen atoms in total. The molecule has 7 N–H and O–H groups in total. The molecule has 0 radical (unpaired) electrons. The topological polar surface area (TPSA) is 195 Å². The van der Waals surface area contributed by atoms with Gasteiger partial charge in [-0.2, -0.15) is 15.0 Å². The van der Waals surface area contributed by atoms with Gasteiger partial charge in [0.25, 0.3) is 0 Å². The van der Waals surface area contributed by atoms with Crippen molar-refractivity contribution in [3.63, 3.8) is 0 Å². The van der Waals surface area contributed by atoms with Crippen LogP contribution in [0.3, 0.4) is 0 Å². The summed E-state index contributed by atoms with van der Waals surface area (Å²) in [4.78, 5) is 12.9. The molecule has 4 aromatic rings. The predicted octanol–water partition coefficient (Wildman–Crippen LogP) is 3.70. The Balaban J connectivity index is 1.66. The SMILES string of the molecule is NS(=O)(=O)c1ccc(Nc2nc(Nc3ccc(S(N)(=O)=O)cc3)nc(Nc3ccc(Cl)c(Cl)c3)n2)cc1. The number of sulfonamides is 2. The largest absolute Gasteiger partial charge is 0.324 e. The zero-order valence-corrected chi connectivity index (χ0v) is 21.7. The van der Waals surface area contributed by atoms with Crippen LogP contribution < -0.4 is 26.2 Å². The molecule has 0 unspecified atom stereocenters. The molecule has 0 aliphatic carbocycles. The molecule has 1 heterocycles. The van der Waals surface area contributed by atoms with E-state index in [2.05, 4.69) is 30.9 Å². The number of nitrogens with zero attached hydrogens (tertiary/aromatic N) is 3. The molecule has 16 heteroatoms. The van der Waals surface area contributed by atoms with Gasteiger partial charge in [-0.05, 0) is 66.7 Å². The maximum Gasteiger partial charge on any atom is 0.238 e. The van der Waals surface area contributed by atoms with Crippen molar-refractivity contribution in [3.05, 3.63) is 76.8 Å². The van der Waals surface area contributed by atoms with Crippen molar-refractivity contribution < 1.29 is 16.8 Å². The molecular formula is C21H18Cl2N8O4S2. The average molecular weight is 581 g/mol. The van der Waals surface area contributed by atoms with Gasteiger partial charge in [0, 0.05) is 17.1 Å². The number of halogens is 2. The highest BCUT2D eigenvalue weighted by Gasteiger charge is 2.12. The van der Waals surface area contributed by atoms with E-state index in [9.17, 15) is 16.8 Å². The lowest BCUT2D eigenvalue weighted by Gasteiger charge is -2.12. The van der Waals surface area contributed by atoms with Crippen LogP contribution in [0, 0.1) is 0 Å². The summed E-state index contributed by atoms with van der Waals surface area (Å²) in [6.45, 7) is 0. The second-order valence-electron chi connectivity index (χ2n) is 7.45. The predicted molar refractivity (Wildman–Crippen MR) is 142 cm³/mol. The Hall–Kier alpha value is -3.53. The summed E-state index contributed by atoms with van der Waals surface area (Å²) in [5, 5.41) is 19.9. The highest BCUT2D eigenvalue weighted by Crippen LogP contribution is 2.27. The first kappa shape index (κ1) is 26.5. The Kier molecular flexibility index (Phi) is 7.49. The van der Waals surface area contributed by atoms with Gasteiger partial charge in [-0.25, -0.2) is 27.1 Å². The molecular weight excluding hydrogens is 563 g/mol. The maximum absolute atomic E-state index is 11.5. The van der Waals surface area contributed by atoms with Crippen molar-refractivity contribution in [2.24, 2.45) is 10.3 Å². The van der Waals surface area contributed by atoms with Gasteiger partial charge < -0.3 is 16.0 Å². The standard InChI is InChI=1S/C21H18Cl2N8O4S2/c22-17-10-5-14(11-18(17)23)28-21-30-19(26-12-1-6-15(7-2-12)36(24,32)33)29-20(31-21)27-13-3-8-16(9-4-13)37(25,34)35/h1-11H,(H2,24,32,33)(H2,25,34,35)(H3,26,27,28,29,30,31). The Morgan fingerprint density at radius 3 is 1.24 bits per heavy atom. The van der Waals surface area contributed by atoms with Crippen LogP contribution in [0.4, 0.5) is 34.9 Å². The van der Waals surface area contributed by atoms with Gasteiger partial charge in [0.2, 0.25) is 37.9 Å². The second-order valence-corrected chi connectivity index (χ2v) is 11.4. The summed E-state index contributed by atoms with van der Waals surface area (Å²) in [7, 11) is -7.70. The molecule has 0 fully saturated rings. The molecule has 3 aromatic carbocycles. The number of primary sulfonamides is 2. The van der Waals surface area contributed by atoms with Crippen LogP contribution in [0.2, 0.25) is 10.0 Å². The first-order valence-electron chi connectivity index (χ1n) is 10.1. The Bertz CT molecular complexity index is 1570. The maximum atomic E-state index is 11.5. The minimum absolute atomic E-state index is 0.0547. The number of aromatic nitrogens is 3. The van der Waals surface area contributed by atoms with Crippen molar-refractivity contribution in [1.82, 2.24) is 15.0 Å². The molecule has 0 atom stereocenters. The second kappa shape index (κ2) is 10.5. The lowest BCUT2D eigenvalue weighted by molar-refractivity contribution is 0.596. The smallest absolute Gasteiger partial charge is 0.238 e. The van der Waals surface area contributed by atoms with E-state index in [1.807, 2.05) is 0 Å². The minimum atomic E-state index is -3.85. The number of anilines is 6. The van der Waals surface area contributed by atoms with Crippen LogP contribution in [0.15, 0.2) is 76.5 Å². The third kappa shape index (κ3) is 7.03. The molecule has 0 aliphatic heterocycles. The van der Waals surface area contributed by atoms with Crippen molar-refractivity contribution >= 4 is 78.2 Å². The number of hydrogen-bond acceptors (Lipinski definition) is 10. The first-order chi connectivity index (χ1) is 17.4. The summed E-state index contributed by atoms with van der Waals surface area (Å²) < 4.78 is 46.0. The van der Waals surface area contributed by atoms with E-state index in [1.54, 1.807) is 18.2 Å². The highest BCUT2D eigenvalue weighted by molar-refractivity contribution is 7.89. The van der Waals surface area contributed by atoms with Gasteiger partial charge in [0.1, 0.15) is 0 Å². The monoisotopic (exact) mass is 580 g/mol. The normalized spacial score (nSPS) is 11.7. The third-order valence-corrected chi connectivity index (χ3v) is 7.29. The zero-order chi connectivity index (χ0) is 26.8. The molecule has 37 heavy (non-hydrogen) atoms. The van der Waals surface area contributed by atoms with Crippen LogP contribution in [0.25, 0.3) is 0 Å². The summed E-state index contributed by atoms with van der Waals surface area (Å²) in [6, 6.07) is 16.2. The van der Waals surface area contributed by atoms with E-state index in [1.165, 1.54) is 48.5 Å². The highest BCUT2D eigenvalue weighted by atomic mass is 35.5. The Labute approximate surface area is 222 Å². The quantitative estimate of drug-likeness (QED) is 0.205. The van der Waals surface area contributed by atoms with E-state index >= 15 is 0 Å². The fourth-order valence-electron chi connectivity index (χ4n) is 2.96. The van der Waals surface area contributed by atoms with Crippen LogP contribution in [0.1, 0.15) is 0 Å². The molecule has 1 aromatic heterocycles. The van der Waals surface area contributed by atoms with Gasteiger partial charge in [-0.15, -0.1) is 0 Å². The molecule has 4 rings (SSSR count). The fraction of sp³-hybridized carbons (Fsp3) is 0. The van der Waals surface area contributed by atoms with E-state index < -0.39 is 20.0 Å². The van der Waals surface area contributed by atoms with Crippen molar-refractivity contribution in [1.29, 1.82) is 0 Å². The number of nitrogens with one attached hydrogen (secondary N) is 3. The average Bonchev–Trinajstić information content (AvgIpc) is 2.81. The van der Waals surface area contributed by atoms with Crippen LogP contribution in [-0.2, 0) is 20.0 Å². The van der Waals surface area contributed by atoms with Crippen LogP contribution >= 0.6 is 23.2 Å². The number of rotatable bonds is 8. The van der Waals surface area contributed by atoms with Gasteiger partial charge in [-0.3, -0.25) is 0 Å². The Morgan fingerprint density at radius 2 is 0.892 bits per heavy atom. The summed E-state index contributed by atoms with van der Waals surface area (Å²) in [5.74, 6) is 0.329. The molecule has 0 bridgehead atoms. The van der Waals surface area contributed by atoms with Crippen molar-refractivity contribution in [2.45, 2.75) is 9.79 Å².